The number of aryl methyl sites for hydroxylation is 2. The number of nitrogens with one attached hydrogen (secondary N) is 1. The van der Waals surface area contributed by atoms with E-state index in [0.717, 1.165) is 28.3 Å². The lowest BCUT2D eigenvalue weighted by Crippen LogP contribution is -2.21. The lowest BCUT2D eigenvalue weighted by atomic mass is 10.1. The molecule has 0 saturated carbocycles. The minimum Gasteiger partial charge on any atom is -0.497 e. The van der Waals surface area contributed by atoms with Gasteiger partial charge in [-0.2, -0.15) is 0 Å². The molecule has 0 bridgehead atoms. The quantitative estimate of drug-likeness (QED) is 0.561. The first kappa shape index (κ1) is 20.5. The van der Waals surface area contributed by atoms with Crippen molar-refractivity contribution in [1.82, 2.24) is 10.1 Å². The maximum Gasteiger partial charge on any atom is 0.306 e. The number of methoxy groups -OCH3 is 1. The highest BCUT2D eigenvalue weighted by Crippen LogP contribution is 2.26. The lowest BCUT2D eigenvalue weighted by molar-refractivity contribution is -0.147. The molecular formula is C20H21N3O5S. The van der Waals surface area contributed by atoms with E-state index in [-0.39, 0.29) is 13.0 Å². The van der Waals surface area contributed by atoms with E-state index in [0.29, 0.717) is 17.3 Å². The fraction of sp³-hybridized carbons (Fsp3) is 0.300. The van der Waals surface area contributed by atoms with Crippen LogP contribution in [0, 0.1) is 13.8 Å². The Morgan fingerprint density at radius 2 is 1.97 bits per heavy atom. The zero-order valence-corrected chi connectivity index (χ0v) is 17.2. The first-order valence-corrected chi connectivity index (χ1v) is 9.81. The number of thiazole rings is 1. The second-order valence-corrected chi connectivity index (χ2v) is 7.14. The van der Waals surface area contributed by atoms with Gasteiger partial charge >= 0.3 is 5.97 Å². The first-order chi connectivity index (χ1) is 14.0. The summed E-state index contributed by atoms with van der Waals surface area (Å²) in [5.74, 6) is 0.544. The minimum atomic E-state index is -0.460. The number of carbonyl (C=O) groups excluding carboxylic acids is 2. The Hall–Kier alpha value is -3.20. The van der Waals surface area contributed by atoms with Crippen molar-refractivity contribution in [3.05, 3.63) is 46.7 Å². The monoisotopic (exact) mass is 415 g/mol. The van der Waals surface area contributed by atoms with Crippen LogP contribution in [0.15, 0.2) is 34.2 Å². The predicted molar refractivity (Wildman–Crippen MR) is 108 cm³/mol. The van der Waals surface area contributed by atoms with Crippen LogP contribution < -0.4 is 10.1 Å². The van der Waals surface area contributed by atoms with Crippen LogP contribution in [-0.2, 0) is 20.7 Å². The number of hydrogen-bond donors (Lipinski definition) is 1. The van der Waals surface area contributed by atoms with Crippen LogP contribution in [0.4, 0.5) is 5.13 Å². The van der Waals surface area contributed by atoms with Gasteiger partial charge in [-0.15, -0.1) is 11.3 Å². The number of amides is 1. The van der Waals surface area contributed by atoms with Gasteiger partial charge < -0.3 is 14.0 Å². The summed E-state index contributed by atoms with van der Waals surface area (Å²) < 4.78 is 15.2. The third-order valence-electron chi connectivity index (χ3n) is 4.26. The van der Waals surface area contributed by atoms with Crippen LogP contribution in [-0.4, -0.2) is 35.7 Å². The van der Waals surface area contributed by atoms with E-state index in [1.54, 1.807) is 14.0 Å². The van der Waals surface area contributed by atoms with E-state index in [1.807, 2.05) is 36.6 Å². The molecule has 0 radical (unpaired) electrons. The molecule has 0 saturated heterocycles. The maximum atomic E-state index is 12.0. The molecule has 0 spiro atoms. The van der Waals surface area contributed by atoms with Gasteiger partial charge in [-0.25, -0.2) is 4.98 Å². The maximum absolute atomic E-state index is 12.0. The van der Waals surface area contributed by atoms with E-state index in [2.05, 4.69) is 15.5 Å². The van der Waals surface area contributed by atoms with Crippen LogP contribution in [0.1, 0.15) is 23.4 Å². The van der Waals surface area contributed by atoms with E-state index in [4.69, 9.17) is 14.0 Å². The summed E-state index contributed by atoms with van der Waals surface area (Å²) in [5.41, 5.74) is 3.29. The Balaban J connectivity index is 1.45. The highest BCUT2D eigenvalue weighted by molar-refractivity contribution is 7.14. The number of nitrogens with zero attached hydrogens (tertiary/aromatic N) is 2. The van der Waals surface area contributed by atoms with Crippen molar-refractivity contribution in [2.75, 3.05) is 19.0 Å². The normalized spacial score (nSPS) is 10.6. The second kappa shape index (κ2) is 9.33. The second-order valence-electron chi connectivity index (χ2n) is 6.28. The summed E-state index contributed by atoms with van der Waals surface area (Å²) in [5, 5.41) is 8.76. The van der Waals surface area contributed by atoms with Crippen molar-refractivity contribution in [2.45, 2.75) is 26.7 Å². The lowest BCUT2D eigenvalue weighted by Gasteiger charge is -2.05. The molecule has 2 aromatic heterocycles. The Labute approximate surface area is 171 Å². The molecule has 1 aromatic carbocycles. The zero-order chi connectivity index (χ0) is 20.8. The SMILES string of the molecule is COc1ccc(-c2csc(NC(=O)COC(=O)CCc3c(C)noc3C)n2)cc1. The summed E-state index contributed by atoms with van der Waals surface area (Å²) >= 11 is 1.30. The van der Waals surface area contributed by atoms with Crippen molar-refractivity contribution < 1.29 is 23.6 Å². The first-order valence-electron chi connectivity index (χ1n) is 8.93. The van der Waals surface area contributed by atoms with Crippen molar-refractivity contribution in [2.24, 2.45) is 0 Å². The van der Waals surface area contributed by atoms with Gasteiger partial charge in [0.15, 0.2) is 11.7 Å². The average Bonchev–Trinajstić information content (AvgIpc) is 3.31. The van der Waals surface area contributed by atoms with E-state index < -0.39 is 11.9 Å². The molecule has 3 aromatic rings. The van der Waals surface area contributed by atoms with Crippen LogP contribution in [0.25, 0.3) is 11.3 Å². The number of anilines is 1. The van der Waals surface area contributed by atoms with Gasteiger partial charge in [0.25, 0.3) is 5.91 Å². The Morgan fingerprint density at radius 3 is 2.62 bits per heavy atom. The molecule has 3 rings (SSSR count). The summed E-state index contributed by atoms with van der Waals surface area (Å²) in [6, 6.07) is 7.46. The molecule has 1 N–H and O–H groups in total. The molecule has 0 aliphatic carbocycles. The Kier molecular flexibility index (Phi) is 6.61. The van der Waals surface area contributed by atoms with Crippen molar-refractivity contribution >= 4 is 28.3 Å². The third kappa shape index (κ3) is 5.41. The van der Waals surface area contributed by atoms with Gasteiger partial charge in [0.1, 0.15) is 11.5 Å². The van der Waals surface area contributed by atoms with Crippen molar-refractivity contribution in [1.29, 1.82) is 0 Å². The number of carbonyl (C=O) groups is 2. The number of benzene rings is 1. The smallest absolute Gasteiger partial charge is 0.306 e. The van der Waals surface area contributed by atoms with Gasteiger partial charge in [0, 0.05) is 22.9 Å². The number of esters is 1. The van der Waals surface area contributed by atoms with Crippen LogP contribution >= 0.6 is 11.3 Å². The molecular weight excluding hydrogens is 394 g/mol. The van der Waals surface area contributed by atoms with E-state index >= 15 is 0 Å². The Bertz CT molecular complexity index is 974. The number of rotatable bonds is 8. The molecule has 8 nitrogen and oxygen atoms in total. The van der Waals surface area contributed by atoms with Gasteiger partial charge in [-0.3, -0.25) is 14.9 Å². The van der Waals surface area contributed by atoms with Gasteiger partial charge in [-0.05, 0) is 44.5 Å². The van der Waals surface area contributed by atoms with Crippen molar-refractivity contribution in [3.8, 4) is 17.0 Å². The highest BCUT2D eigenvalue weighted by Gasteiger charge is 2.14. The fourth-order valence-electron chi connectivity index (χ4n) is 2.68. The molecule has 1 amide bonds. The molecule has 2 heterocycles. The third-order valence-corrected chi connectivity index (χ3v) is 5.02. The largest absolute Gasteiger partial charge is 0.497 e. The van der Waals surface area contributed by atoms with Crippen LogP contribution in [0.2, 0.25) is 0 Å². The van der Waals surface area contributed by atoms with Crippen LogP contribution in [0.5, 0.6) is 5.75 Å². The topological polar surface area (TPSA) is 104 Å². The molecule has 0 fully saturated rings. The zero-order valence-electron chi connectivity index (χ0n) is 16.4. The van der Waals surface area contributed by atoms with Gasteiger partial charge in [0.2, 0.25) is 0 Å². The number of ether oxygens (including phenoxy) is 2. The average molecular weight is 415 g/mol. The Morgan fingerprint density at radius 1 is 1.21 bits per heavy atom. The summed E-state index contributed by atoms with van der Waals surface area (Å²) in [6.45, 7) is 3.25. The minimum absolute atomic E-state index is 0.148. The molecule has 9 heteroatoms. The summed E-state index contributed by atoms with van der Waals surface area (Å²) in [4.78, 5) is 28.3. The number of aromatic nitrogens is 2. The van der Waals surface area contributed by atoms with E-state index in [9.17, 15) is 9.59 Å². The fourth-order valence-corrected chi connectivity index (χ4v) is 3.42. The van der Waals surface area contributed by atoms with Crippen LogP contribution in [0.3, 0.4) is 0 Å². The van der Waals surface area contributed by atoms with Crippen molar-refractivity contribution in [3.63, 3.8) is 0 Å². The molecule has 0 atom stereocenters. The summed E-state index contributed by atoms with van der Waals surface area (Å²) in [7, 11) is 1.61. The molecule has 0 aliphatic heterocycles. The van der Waals surface area contributed by atoms with Gasteiger partial charge in [-0.1, -0.05) is 5.16 Å². The molecule has 152 valence electrons. The predicted octanol–water partition coefficient (Wildman–Crippen LogP) is 3.54. The molecule has 0 unspecified atom stereocenters. The number of hydrogen-bond acceptors (Lipinski definition) is 8. The van der Waals surface area contributed by atoms with Gasteiger partial charge in [0.05, 0.1) is 18.5 Å². The van der Waals surface area contributed by atoms with E-state index in [1.165, 1.54) is 11.3 Å². The molecule has 29 heavy (non-hydrogen) atoms. The summed E-state index contributed by atoms with van der Waals surface area (Å²) in [6.07, 6.45) is 0.606. The highest BCUT2D eigenvalue weighted by atomic mass is 32.1. The standard InChI is InChI=1S/C20H21N3O5S/c1-12-16(13(2)28-23-12)8-9-19(25)27-10-18(24)22-20-21-17(11-29-20)14-4-6-15(26-3)7-5-14/h4-7,11H,8-10H2,1-3H3,(H,21,22,24). The molecule has 0 aliphatic rings.